The second kappa shape index (κ2) is 6.77. The maximum absolute atomic E-state index is 6.07. The molecule has 0 aliphatic carbocycles. The zero-order valence-electron chi connectivity index (χ0n) is 9.95. The Labute approximate surface area is 103 Å². The maximum Gasteiger partial charge on any atom is 0.138 e. The lowest BCUT2D eigenvalue weighted by Crippen LogP contribution is -2.38. The molecule has 2 N–H and O–H groups in total. The van der Waals surface area contributed by atoms with Gasteiger partial charge in [0.1, 0.15) is 11.9 Å². The molecule has 2 nitrogen and oxygen atoms in total. The van der Waals surface area contributed by atoms with Gasteiger partial charge in [-0.3, -0.25) is 0 Å². The first-order valence-corrected chi connectivity index (χ1v) is 6.23. The lowest BCUT2D eigenvalue weighted by Gasteiger charge is -2.24. The molecule has 0 aliphatic heterocycles. The number of nitrogens with two attached hydrogens (primary N) is 1. The Morgan fingerprint density at radius 1 is 1.31 bits per heavy atom. The van der Waals surface area contributed by atoms with Gasteiger partial charge in [0, 0.05) is 6.04 Å². The van der Waals surface area contributed by atoms with Crippen LogP contribution in [0.5, 0.6) is 5.75 Å². The van der Waals surface area contributed by atoms with Crippen molar-refractivity contribution in [1.82, 2.24) is 0 Å². The number of hydrogen-bond donors (Lipinski definition) is 1. The van der Waals surface area contributed by atoms with E-state index in [1.807, 2.05) is 24.3 Å². The fourth-order valence-electron chi connectivity index (χ4n) is 1.70. The highest BCUT2D eigenvalue weighted by molar-refractivity contribution is 6.32. The van der Waals surface area contributed by atoms with Gasteiger partial charge in [0.2, 0.25) is 0 Å². The van der Waals surface area contributed by atoms with Crippen molar-refractivity contribution in [3.8, 4) is 5.75 Å². The van der Waals surface area contributed by atoms with Crippen molar-refractivity contribution in [2.45, 2.75) is 45.3 Å². The average Bonchev–Trinajstić information content (AvgIpc) is 2.28. The van der Waals surface area contributed by atoms with Crippen molar-refractivity contribution in [3.05, 3.63) is 29.3 Å². The number of para-hydroxylation sites is 1. The third-order valence-corrected chi connectivity index (χ3v) is 2.93. The van der Waals surface area contributed by atoms with Crippen LogP contribution in [0.4, 0.5) is 0 Å². The lowest BCUT2D eigenvalue weighted by molar-refractivity contribution is 0.161. The van der Waals surface area contributed by atoms with Crippen molar-refractivity contribution < 1.29 is 4.74 Å². The van der Waals surface area contributed by atoms with Gasteiger partial charge in [-0.05, 0) is 25.0 Å². The minimum Gasteiger partial charge on any atom is -0.487 e. The molecule has 3 heteroatoms. The van der Waals surface area contributed by atoms with Gasteiger partial charge in [-0.2, -0.15) is 0 Å². The summed E-state index contributed by atoms with van der Waals surface area (Å²) in [7, 11) is 0. The summed E-state index contributed by atoms with van der Waals surface area (Å²) in [5.41, 5.74) is 6.07. The quantitative estimate of drug-likeness (QED) is 0.826. The smallest absolute Gasteiger partial charge is 0.138 e. The third-order valence-electron chi connectivity index (χ3n) is 2.62. The van der Waals surface area contributed by atoms with Crippen LogP contribution in [0.25, 0.3) is 0 Å². The van der Waals surface area contributed by atoms with Crippen LogP contribution in [0.1, 0.15) is 33.1 Å². The molecule has 0 aromatic heterocycles. The van der Waals surface area contributed by atoms with Gasteiger partial charge in [0.15, 0.2) is 0 Å². The zero-order chi connectivity index (χ0) is 12.0. The summed E-state index contributed by atoms with van der Waals surface area (Å²) in [6.07, 6.45) is 2.98. The average molecular weight is 242 g/mol. The highest BCUT2D eigenvalue weighted by atomic mass is 35.5. The van der Waals surface area contributed by atoms with Crippen LogP contribution in [0.2, 0.25) is 5.02 Å². The Hall–Kier alpha value is -0.730. The van der Waals surface area contributed by atoms with Gasteiger partial charge in [-0.25, -0.2) is 0 Å². The predicted octanol–water partition coefficient (Wildman–Crippen LogP) is 3.62. The van der Waals surface area contributed by atoms with Gasteiger partial charge in [-0.1, -0.05) is 44.0 Å². The Kier molecular flexibility index (Phi) is 5.64. The predicted molar refractivity (Wildman–Crippen MR) is 69.0 cm³/mol. The summed E-state index contributed by atoms with van der Waals surface area (Å²) in [5, 5.41) is 0.643. The number of halogens is 1. The normalized spacial score (nSPS) is 14.5. The SMILES string of the molecule is CCCC(N)C(CC)Oc1ccccc1Cl. The van der Waals surface area contributed by atoms with E-state index < -0.39 is 0 Å². The first kappa shape index (κ1) is 13.3. The Morgan fingerprint density at radius 3 is 2.56 bits per heavy atom. The van der Waals surface area contributed by atoms with Crippen molar-refractivity contribution in [1.29, 1.82) is 0 Å². The molecule has 0 spiro atoms. The summed E-state index contributed by atoms with van der Waals surface area (Å²) in [6, 6.07) is 7.59. The summed E-state index contributed by atoms with van der Waals surface area (Å²) >= 11 is 6.04. The van der Waals surface area contributed by atoms with E-state index in [0.717, 1.165) is 25.0 Å². The molecular formula is C13H20ClNO. The minimum absolute atomic E-state index is 0.0415. The topological polar surface area (TPSA) is 35.2 Å². The second-order valence-corrected chi connectivity index (χ2v) is 4.35. The molecule has 0 radical (unpaired) electrons. The molecule has 1 rings (SSSR count). The van der Waals surface area contributed by atoms with Crippen LogP contribution < -0.4 is 10.5 Å². The number of ether oxygens (including phenoxy) is 1. The van der Waals surface area contributed by atoms with E-state index in [9.17, 15) is 0 Å². The van der Waals surface area contributed by atoms with E-state index >= 15 is 0 Å². The van der Waals surface area contributed by atoms with E-state index in [-0.39, 0.29) is 12.1 Å². The van der Waals surface area contributed by atoms with Crippen molar-refractivity contribution >= 4 is 11.6 Å². The summed E-state index contributed by atoms with van der Waals surface area (Å²) in [4.78, 5) is 0. The molecule has 0 amide bonds. The molecule has 1 aromatic rings. The van der Waals surface area contributed by atoms with Crippen LogP contribution >= 0.6 is 11.6 Å². The van der Waals surface area contributed by atoms with E-state index in [0.29, 0.717) is 5.02 Å². The Morgan fingerprint density at radius 2 is 2.00 bits per heavy atom. The monoisotopic (exact) mass is 241 g/mol. The molecule has 2 atom stereocenters. The van der Waals surface area contributed by atoms with Crippen LogP contribution in [0.15, 0.2) is 24.3 Å². The third kappa shape index (κ3) is 3.69. The molecule has 0 fully saturated rings. The fourth-order valence-corrected chi connectivity index (χ4v) is 1.88. The molecule has 90 valence electrons. The minimum atomic E-state index is 0.0415. The van der Waals surface area contributed by atoms with E-state index in [4.69, 9.17) is 22.1 Å². The molecular weight excluding hydrogens is 222 g/mol. The summed E-state index contributed by atoms with van der Waals surface area (Å²) < 4.78 is 5.85. The van der Waals surface area contributed by atoms with Crippen LogP contribution in [0, 0.1) is 0 Å². The molecule has 1 aromatic carbocycles. The largest absolute Gasteiger partial charge is 0.487 e. The van der Waals surface area contributed by atoms with Gasteiger partial charge < -0.3 is 10.5 Å². The van der Waals surface area contributed by atoms with Crippen LogP contribution in [-0.4, -0.2) is 12.1 Å². The lowest BCUT2D eigenvalue weighted by atomic mass is 10.0. The number of benzene rings is 1. The highest BCUT2D eigenvalue weighted by Crippen LogP contribution is 2.25. The molecule has 0 aliphatic rings. The standard InChI is InChI=1S/C13H20ClNO/c1-3-7-11(15)12(4-2)16-13-9-6-5-8-10(13)14/h5-6,8-9,11-12H,3-4,7,15H2,1-2H3. The maximum atomic E-state index is 6.07. The molecule has 2 unspecified atom stereocenters. The first-order valence-electron chi connectivity index (χ1n) is 5.85. The molecule has 0 heterocycles. The Balaban J connectivity index is 2.66. The summed E-state index contributed by atoms with van der Waals surface area (Å²) in [5.74, 6) is 0.725. The van der Waals surface area contributed by atoms with Crippen LogP contribution in [0.3, 0.4) is 0 Å². The van der Waals surface area contributed by atoms with Crippen LogP contribution in [-0.2, 0) is 0 Å². The first-order chi connectivity index (χ1) is 7.69. The fraction of sp³-hybridized carbons (Fsp3) is 0.538. The zero-order valence-corrected chi connectivity index (χ0v) is 10.7. The molecule has 16 heavy (non-hydrogen) atoms. The second-order valence-electron chi connectivity index (χ2n) is 3.95. The van der Waals surface area contributed by atoms with Crippen molar-refractivity contribution in [2.24, 2.45) is 5.73 Å². The highest BCUT2D eigenvalue weighted by Gasteiger charge is 2.17. The van der Waals surface area contributed by atoms with Crippen molar-refractivity contribution in [3.63, 3.8) is 0 Å². The number of hydrogen-bond acceptors (Lipinski definition) is 2. The van der Waals surface area contributed by atoms with Gasteiger partial charge in [0.25, 0.3) is 0 Å². The Bertz CT molecular complexity index is 317. The molecule has 0 saturated heterocycles. The van der Waals surface area contributed by atoms with Gasteiger partial charge in [-0.15, -0.1) is 0 Å². The molecule has 0 saturated carbocycles. The van der Waals surface area contributed by atoms with Gasteiger partial charge in [0.05, 0.1) is 5.02 Å². The van der Waals surface area contributed by atoms with E-state index in [1.165, 1.54) is 0 Å². The number of rotatable bonds is 6. The van der Waals surface area contributed by atoms with Crippen molar-refractivity contribution in [2.75, 3.05) is 0 Å². The van der Waals surface area contributed by atoms with E-state index in [1.54, 1.807) is 0 Å². The van der Waals surface area contributed by atoms with Gasteiger partial charge >= 0.3 is 0 Å². The van der Waals surface area contributed by atoms with E-state index in [2.05, 4.69) is 13.8 Å². The molecule has 0 bridgehead atoms. The summed E-state index contributed by atoms with van der Waals surface area (Å²) in [6.45, 7) is 4.21.